The van der Waals surface area contributed by atoms with Gasteiger partial charge in [0.15, 0.2) is 0 Å². The number of carbonyl (C=O) groups is 1. The number of nitrogens with two attached hydrogens (primary N) is 1. The third kappa shape index (κ3) is 2.71. The molecule has 58 valence electrons. The van der Waals surface area contributed by atoms with Gasteiger partial charge in [0.2, 0.25) is 0 Å². The molecule has 1 aliphatic rings. The average molecular weight is 143 g/mol. The van der Waals surface area contributed by atoms with Gasteiger partial charge in [0.1, 0.15) is 6.10 Å². The summed E-state index contributed by atoms with van der Waals surface area (Å²) in [6, 6.07) is 0. The Morgan fingerprint density at radius 2 is 2.40 bits per heavy atom. The van der Waals surface area contributed by atoms with Crippen LogP contribution in [0.1, 0.15) is 26.2 Å². The molecular formula is C7H13NO2. The lowest BCUT2D eigenvalue weighted by Gasteiger charge is -2.09. The Bertz CT molecular complexity index is 132. The van der Waals surface area contributed by atoms with Crippen molar-refractivity contribution in [3.05, 3.63) is 0 Å². The van der Waals surface area contributed by atoms with Crippen molar-refractivity contribution in [1.29, 1.82) is 0 Å². The normalized spacial score (nSPS) is 20.1. The molecule has 1 amide bonds. The molecule has 0 aliphatic heterocycles. The second-order valence-corrected chi connectivity index (χ2v) is 2.93. The number of rotatable bonds is 3. The van der Waals surface area contributed by atoms with Crippen LogP contribution in [0.4, 0.5) is 4.79 Å². The minimum absolute atomic E-state index is 0.00463. The maximum absolute atomic E-state index is 10.2. The summed E-state index contributed by atoms with van der Waals surface area (Å²) >= 11 is 0. The average Bonchev–Trinajstić information content (AvgIpc) is 2.46. The summed E-state index contributed by atoms with van der Waals surface area (Å²) in [4.78, 5) is 10.2. The van der Waals surface area contributed by atoms with Gasteiger partial charge < -0.3 is 10.5 Å². The molecule has 0 aromatic heterocycles. The zero-order valence-electron chi connectivity index (χ0n) is 6.17. The zero-order valence-corrected chi connectivity index (χ0v) is 6.17. The fourth-order valence-corrected chi connectivity index (χ4v) is 1.07. The number of carbonyl (C=O) groups excluding carboxylic acids is 1. The van der Waals surface area contributed by atoms with E-state index >= 15 is 0 Å². The first-order valence-electron chi connectivity index (χ1n) is 3.64. The van der Waals surface area contributed by atoms with Crippen LogP contribution in [0, 0.1) is 5.92 Å². The number of ether oxygens (including phenoxy) is 1. The molecule has 1 aliphatic carbocycles. The minimum Gasteiger partial charge on any atom is -0.447 e. The van der Waals surface area contributed by atoms with Gasteiger partial charge in [-0.05, 0) is 19.3 Å². The summed E-state index contributed by atoms with van der Waals surface area (Å²) in [6.45, 7) is 1.88. The molecule has 0 radical (unpaired) electrons. The Balaban J connectivity index is 2.07. The molecule has 0 aromatic rings. The molecule has 2 N–H and O–H groups in total. The van der Waals surface area contributed by atoms with Crippen LogP contribution >= 0.6 is 0 Å². The van der Waals surface area contributed by atoms with Crippen LogP contribution < -0.4 is 5.73 Å². The maximum atomic E-state index is 10.2. The van der Waals surface area contributed by atoms with E-state index in [0.717, 1.165) is 12.3 Å². The monoisotopic (exact) mass is 143 g/mol. The van der Waals surface area contributed by atoms with E-state index < -0.39 is 6.09 Å². The second kappa shape index (κ2) is 2.90. The lowest BCUT2D eigenvalue weighted by molar-refractivity contribution is 0.108. The molecule has 3 nitrogen and oxygen atoms in total. The van der Waals surface area contributed by atoms with Gasteiger partial charge in [0.25, 0.3) is 0 Å². The third-order valence-electron chi connectivity index (χ3n) is 1.68. The molecule has 3 heteroatoms. The van der Waals surface area contributed by atoms with E-state index in [9.17, 15) is 4.79 Å². The van der Waals surface area contributed by atoms with Crippen molar-refractivity contribution in [2.75, 3.05) is 0 Å². The van der Waals surface area contributed by atoms with E-state index in [1.165, 1.54) is 12.8 Å². The highest BCUT2D eigenvalue weighted by Gasteiger charge is 2.24. The summed E-state index contributed by atoms with van der Waals surface area (Å²) in [6.07, 6.45) is 2.89. The van der Waals surface area contributed by atoms with Gasteiger partial charge in [0.05, 0.1) is 0 Å². The van der Waals surface area contributed by atoms with Gasteiger partial charge in [-0.3, -0.25) is 0 Å². The van der Waals surface area contributed by atoms with Crippen molar-refractivity contribution >= 4 is 6.09 Å². The molecule has 1 saturated carbocycles. The maximum Gasteiger partial charge on any atom is 0.404 e. The van der Waals surface area contributed by atoms with Gasteiger partial charge in [0, 0.05) is 0 Å². The van der Waals surface area contributed by atoms with Crippen LogP contribution in [0.3, 0.4) is 0 Å². The van der Waals surface area contributed by atoms with Crippen LogP contribution in [0.15, 0.2) is 0 Å². The molecule has 0 saturated heterocycles. The van der Waals surface area contributed by atoms with Gasteiger partial charge in [-0.25, -0.2) is 4.79 Å². The summed E-state index contributed by atoms with van der Waals surface area (Å²) in [5, 5.41) is 0. The summed E-state index contributed by atoms with van der Waals surface area (Å²) in [5.41, 5.74) is 4.83. The van der Waals surface area contributed by atoms with Crippen LogP contribution in [0.2, 0.25) is 0 Å². The third-order valence-corrected chi connectivity index (χ3v) is 1.68. The molecule has 0 spiro atoms. The van der Waals surface area contributed by atoms with Crippen LogP contribution in [-0.2, 0) is 4.74 Å². The SMILES string of the molecule is CC(CC1CC1)OC(N)=O. The highest BCUT2D eigenvalue weighted by Crippen LogP contribution is 2.33. The van der Waals surface area contributed by atoms with E-state index in [2.05, 4.69) is 0 Å². The Morgan fingerprint density at radius 3 is 2.80 bits per heavy atom. The van der Waals surface area contributed by atoms with Gasteiger partial charge in [-0.15, -0.1) is 0 Å². The van der Waals surface area contributed by atoms with Crippen LogP contribution in [0.5, 0.6) is 0 Å². The highest BCUT2D eigenvalue weighted by molar-refractivity contribution is 5.64. The van der Waals surface area contributed by atoms with Crippen molar-refractivity contribution < 1.29 is 9.53 Å². The molecule has 0 aromatic carbocycles. The summed E-state index contributed by atoms with van der Waals surface area (Å²) in [5.74, 6) is 0.786. The fraction of sp³-hybridized carbons (Fsp3) is 0.857. The van der Waals surface area contributed by atoms with Crippen LogP contribution in [0.25, 0.3) is 0 Å². The first kappa shape index (κ1) is 7.38. The lowest BCUT2D eigenvalue weighted by atomic mass is 10.2. The Labute approximate surface area is 60.5 Å². The molecule has 1 unspecified atom stereocenters. The molecule has 1 rings (SSSR count). The molecule has 0 bridgehead atoms. The van der Waals surface area contributed by atoms with Crippen molar-refractivity contribution in [1.82, 2.24) is 0 Å². The van der Waals surface area contributed by atoms with E-state index in [0.29, 0.717) is 0 Å². The second-order valence-electron chi connectivity index (χ2n) is 2.93. The molecule has 0 heterocycles. The van der Waals surface area contributed by atoms with Crippen molar-refractivity contribution in [2.45, 2.75) is 32.3 Å². The number of hydrogen-bond donors (Lipinski definition) is 1. The quantitative estimate of drug-likeness (QED) is 0.646. The van der Waals surface area contributed by atoms with E-state index in [4.69, 9.17) is 10.5 Å². The standard InChI is InChI=1S/C7H13NO2/c1-5(10-7(8)9)4-6-2-3-6/h5-6H,2-4H2,1H3,(H2,8,9). The van der Waals surface area contributed by atoms with Crippen molar-refractivity contribution in [3.8, 4) is 0 Å². The lowest BCUT2D eigenvalue weighted by Crippen LogP contribution is -2.20. The smallest absolute Gasteiger partial charge is 0.404 e. The predicted molar refractivity (Wildman–Crippen MR) is 37.5 cm³/mol. The summed E-state index contributed by atoms with van der Waals surface area (Å²) < 4.78 is 4.74. The minimum atomic E-state index is -0.659. The van der Waals surface area contributed by atoms with E-state index in [1.54, 1.807) is 0 Å². The van der Waals surface area contributed by atoms with E-state index in [1.807, 2.05) is 6.92 Å². The molecule has 1 fully saturated rings. The van der Waals surface area contributed by atoms with E-state index in [-0.39, 0.29) is 6.10 Å². The Hall–Kier alpha value is -0.730. The van der Waals surface area contributed by atoms with Crippen molar-refractivity contribution in [2.24, 2.45) is 11.7 Å². The number of primary amides is 1. The number of amides is 1. The number of hydrogen-bond acceptors (Lipinski definition) is 2. The fourth-order valence-electron chi connectivity index (χ4n) is 1.07. The highest BCUT2D eigenvalue weighted by atomic mass is 16.6. The van der Waals surface area contributed by atoms with Gasteiger partial charge in [-0.2, -0.15) is 0 Å². The molecular weight excluding hydrogens is 130 g/mol. The molecule has 1 atom stereocenters. The largest absolute Gasteiger partial charge is 0.447 e. The first-order valence-corrected chi connectivity index (χ1v) is 3.64. The first-order chi connectivity index (χ1) is 4.68. The zero-order chi connectivity index (χ0) is 7.56. The Kier molecular flexibility index (Phi) is 2.14. The summed E-state index contributed by atoms with van der Waals surface area (Å²) in [7, 11) is 0. The molecule has 10 heavy (non-hydrogen) atoms. The van der Waals surface area contributed by atoms with Gasteiger partial charge in [-0.1, -0.05) is 12.8 Å². The Morgan fingerprint density at radius 1 is 1.80 bits per heavy atom. The van der Waals surface area contributed by atoms with Crippen molar-refractivity contribution in [3.63, 3.8) is 0 Å². The van der Waals surface area contributed by atoms with Crippen LogP contribution in [-0.4, -0.2) is 12.2 Å². The topological polar surface area (TPSA) is 52.3 Å². The van der Waals surface area contributed by atoms with Gasteiger partial charge >= 0.3 is 6.09 Å². The predicted octanol–water partition coefficient (Wildman–Crippen LogP) is 1.27.